The van der Waals surface area contributed by atoms with Crippen LogP contribution >= 0.6 is 11.3 Å². The van der Waals surface area contributed by atoms with E-state index in [1.165, 1.54) is 13.2 Å². The number of aromatic nitrogens is 2. The number of aryl methyl sites for hydroxylation is 1. The first-order valence-corrected chi connectivity index (χ1v) is 11.0. The lowest BCUT2D eigenvalue weighted by Crippen LogP contribution is -2.26. The van der Waals surface area contributed by atoms with E-state index >= 15 is 0 Å². The van der Waals surface area contributed by atoms with E-state index in [0.29, 0.717) is 33.0 Å². The smallest absolute Gasteiger partial charge is 0.387 e. The maximum absolute atomic E-state index is 12.8. The number of nitrogens with zero attached hydrogens (tertiary/aromatic N) is 2. The number of thiophene rings is 1. The molecule has 178 valence electrons. The summed E-state index contributed by atoms with van der Waals surface area (Å²) >= 11 is 1.13. The topological polar surface area (TPSA) is 93.8 Å². The molecule has 0 bridgehead atoms. The number of halogens is 2. The molecular formula is C22H25F2N3O5S. The van der Waals surface area contributed by atoms with Crippen LogP contribution in [0.1, 0.15) is 46.5 Å². The van der Waals surface area contributed by atoms with Gasteiger partial charge in [0.05, 0.1) is 25.1 Å². The van der Waals surface area contributed by atoms with Crippen molar-refractivity contribution in [2.24, 2.45) is 0 Å². The van der Waals surface area contributed by atoms with E-state index < -0.39 is 12.6 Å². The monoisotopic (exact) mass is 481 g/mol. The van der Waals surface area contributed by atoms with Crippen molar-refractivity contribution >= 4 is 27.5 Å². The fourth-order valence-corrected chi connectivity index (χ4v) is 4.47. The standard InChI is InChI=1S/C22H25F2N3O5S/c1-6-31-21(29)17-11(2)16-19(28)25-18(26-20(16)33-17)12(3)27(4)10-13-7-8-14(32-22(23)24)15(9-13)30-5/h7-9,12,22H,6,10H2,1-5H3,(H,25,26,28). The molecule has 0 aliphatic rings. The zero-order valence-electron chi connectivity index (χ0n) is 18.9. The molecule has 8 nitrogen and oxygen atoms in total. The maximum atomic E-state index is 12.8. The van der Waals surface area contributed by atoms with Gasteiger partial charge in [-0.3, -0.25) is 9.69 Å². The lowest BCUT2D eigenvalue weighted by atomic mass is 10.1. The van der Waals surface area contributed by atoms with Gasteiger partial charge in [0.1, 0.15) is 15.5 Å². The third-order valence-electron chi connectivity index (χ3n) is 5.21. The van der Waals surface area contributed by atoms with E-state index in [4.69, 9.17) is 9.47 Å². The fraction of sp³-hybridized carbons (Fsp3) is 0.409. The minimum Gasteiger partial charge on any atom is -0.493 e. The lowest BCUT2D eigenvalue weighted by Gasteiger charge is -2.24. The van der Waals surface area contributed by atoms with E-state index in [2.05, 4.69) is 14.7 Å². The molecule has 1 aromatic carbocycles. The zero-order chi connectivity index (χ0) is 24.3. The highest BCUT2D eigenvalue weighted by atomic mass is 32.1. The van der Waals surface area contributed by atoms with Crippen molar-refractivity contribution in [3.05, 3.63) is 50.4 Å². The van der Waals surface area contributed by atoms with E-state index in [9.17, 15) is 18.4 Å². The van der Waals surface area contributed by atoms with E-state index in [-0.39, 0.29) is 29.7 Å². The van der Waals surface area contributed by atoms with Gasteiger partial charge in [0.2, 0.25) is 0 Å². The number of aromatic amines is 1. The molecule has 0 radical (unpaired) electrons. The summed E-state index contributed by atoms with van der Waals surface area (Å²) < 4.78 is 39.8. The second-order valence-electron chi connectivity index (χ2n) is 7.36. The van der Waals surface area contributed by atoms with E-state index in [1.54, 1.807) is 26.0 Å². The molecule has 0 saturated carbocycles. The summed E-state index contributed by atoms with van der Waals surface area (Å²) in [5.74, 6) is 0.116. The van der Waals surface area contributed by atoms with Gasteiger partial charge in [-0.05, 0) is 51.1 Å². The Morgan fingerprint density at radius 1 is 1.30 bits per heavy atom. The van der Waals surface area contributed by atoms with Crippen LogP contribution in [0.4, 0.5) is 8.78 Å². The summed E-state index contributed by atoms with van der Waals surface area (Å²) in [5.41, 5.74) is 1.02. The largest absolute Gasteiger partial charge is 0.493 e. The molecular weight excluding hydrogens is 456 g/mol. The van der Waals surface area contributed by atoms with Gasteiger partial charge in [-0.25, -0.2) is 9.78 Å². The first kappa shape index (κ1) is 24.6. The molecule has 1 unspecified atom stereocenters. The highest BCUT2D eigenvalue weighted by Crippen LogP contribution is 2.31. The average Bonchev–Trinajstić information content (AvgIpc) is 3.10. The number of alkyl halides is 2. The number of carbonyl (C=O) groups is 1. The Kier molecular flexibility index (Phi) is 7.65. The second kappa shape index (κ2) is 10.3. The Morgan fingerprint density at radius 2 is 2.03 bits per heavy atom. The van der Waals surface area contributed by atoms with Gasteiger partial charge in [-0.1, -0.05) is 6.07 Å². The van der Waals surface area contributed by atoms with Crippen molar-refractivity contribution < 1.29 is 27.8 Å². The first-order valence-electron chi connectivity index (χ1n) is 10.2. The molecule has 0 aliphatic carbocycles. The minimum atomic E-state index is -2.95. The Balaban J connectivity index is 1.85. The molecule has 3 aromatic rings. The number of hydrogen-bond acceptors (Lipinski definition) is 8. The van der Waals surface area contributed by atoms with Crippen LogP contribution in [0, 0.1) is 6.92 Å². The zero-order valence-corrected chi connectivity index (χ0v) is 19.7. The number of rotatable bonds is 9. The van der Waals surface area contributed by atoms with Crippen LogP contribution < -0.4 is 15.0 Å². The Labute approximate surface area is 193 Å². The number of H-pyrrole nitrogens is 1. The highest BCUT2D eigenvalue weighted by Gasteiger charge is 2.23. The number of hydrogen-bond donors (Lipinski definition) is 1. The normalized spacial score (nSPS) is 12.4. The molecule has 0 spiro atoms. The molecule has 1 atom stereocenters. The van der Waals surface area contributed by atoms with E-state index in [1.807, 2.05) is 18.9 Å². The predicted octanol–water partition coefficient (Wildman–Crippen LogP) is 4.27. The third kappa shape index (κ3) is 5.31. The molecule has 33 heavy (non-hydrogen) atoms. The van der Waals surface area contributed by atoms with Gasteiger partial charge in [-0.15, -0.1) is 11.3 Å². The summed E-state index contributed by atoms with van der Waals surface area (Å²) in [6.07, 6.45) is 0. The van der Waals surface area contributed by atoms with E-state index in [0.717, 1.165) is 16.9 Å². The fourth-order valence-electron chi connectivity index (χ4n) is 3.39. The quantitative estimate of drug-likeness (QED) is 0.456. The van der Waals surface area contributed by atoms with Crippen LogP contribution in [0.25, 0.3) is 10.2 Å². The van der Waals surface area contributed by atoms with Crippen molar-refractivity contribution in [3.8, 4) is 11.5 Å². The first-order chi connectivity index (χ1) is 15.7. The van der Waals surface area contributed by atoms with Gasteiger partial charge in [0, 0.05) is 6.54 Å². The second-order valence-corrected chi connectivity index (χ2v) is 8.36. The Hall–Kier alpha value is -3.05. The van der Waals surface area contributed by atoms with Crippen molar-refractivity contribution in [2.75, 3.05) is 20.8 Å². The lowest BCUT2D eigenvalue weighted by molar-refractivity contribution is -0.0512. The van der Waals surface area contributed by atoms with Gasteiger partial charge >= 0.3 is 12.6 Å². The van der Waals surface area contributed by atoms with Crippen LogP contribution in [0.15, 0.2) is 23.0 Å². The molecule has 11 heteroatoms. The number of ether oxygens (including phenoxy) is 3. The summed E-state index contributed by atoms with van der Waals surface area (Å²) in [5, 5.41) is 0.376. The average molecular weight is 482 g/mol. The predicted molar refractivity (Wildman–Crippen MR) is 120 cm³/mol. The summed E-state index contributed by atoms with van der Waals surface area (Å²) in [7, 11) is 3.22. The Morgan fingerprint density at radius 3 is 2.67 bits per heavy atom. The molecule has 3 rings (SSSR count). The SMILES string of the molecule is CCOC(=O)c1sc2nc(C(C)N(C)Cc3ccc(OC(F)F)c(OC)c3)[nH]c(=O)c2c1C. The maximum Gasteiger partial charge on any atom is 0.387 e. The van der Waals surface area contributed by atoms with Crippen LogP contribution in [-0.4, -0.2) is 48.2 Å². The number of benzene rings is 1. The van der Waals surface area contributed by atoms with Gasteiger partial charge < -0.3 is 19.2 Å². The Bertz CT molecular complexity index is 1210. The van der Waals surface area contributed by atoms with Crippen LogP contribution in [-0.2, 0) is 11.3 Å². The van der Waals surface area contributed by atoms with Gasteiger partial charge in [-0.2, -0.15) is 8.78 Å². The third-order valence-corrected chi connectivity index (χ3v) is 6.38. The summed E-state index contributed by atoms with van der Waals surface area (Å²) in [6, 6.07) is 4.42. The van der Waals surface area contributed by atoms with Crippen molar-refractivity contribution in [1.82, 2.24) is 14.9 Å². The van der Waals surface area contributed by atoms with Crippen molar-refractivity contribution in [1.29, 1.82) is 0 Å². The molecule has 0 fully saturated rings. The number of methoxy groups -OCH3 is 1. The number of nitrogens with one attached hydrogen (secondary N) is 1. The molecule has 2 aromatic heterocycles. The minimum absolute atomic E-state index is 0.0473. The highest BCUT2D eigenvalue weighted by molar-refractivity contribution is 7.20. The summed E-state index contributed by atoms with van der Waals surface area (Å²) in [4.78, 5) is 35.1. The summed E-state index contributed by atoms with van der Waals surface area (Å²) in [6.45, 7) is 3.01. The molecule has 1 N–H and O–H groups in total. The number of esters is 1. The molecule has 0 saturated heterocycles. The van der Waals surface area contributed by atoms with Crippen LogP contribution in [0.5, 0.6) is 11.5 Å². The van der Waals surface area contributed by atoms with Gasteiger partial charge in [0.25, 0.3) is 5.56 Å². The molecule has 2 heterocycles. The van der Waals surface area contributed by atoms with Crippen molar-refractivity contribution in [3.63, 3.8) is 0 Å². The van der Waals surface area contributed by atoms with Crippen LogP contribution in [0.2, 0.25) is 0 Å². The van der Waals surface area contributed by atoms with Crippen molar-refractivity contribution in [2.45, 2.75) is 40.0 Å². The van der Waals surface area contributed by atoms with Crippen LogP contribution in [0.3, 0.4) is 0 Å². The number of fused-ring (bicyclic) bond motifs is 1. The van der Waals surface area contributed by atoms with Gasteiger partial charge in [0.15, 0.2) is 11.5 Å². The molecule has 0 aliphatic heterocycles. The number of carbonyl (C=O) groups excluding carboxylic acids is 1. The molecule has 0 amide bonds.